The molecule has 9 heteroatoms. The third-order valence-electron chi connectivity index (χ3n) is 3.30. The maximum absolute atomic E-state index is 12.9. The van der Waals surface area contributed by atoms with Gasteiger partial charge >= 0.3 is 18.3 Å². The number of carbonyl (C=O) groups excluding carboxylic acids is 1. The van der Waals surface area contributed by atoms with E-state index < -0.39 is 23.8 Å². The first-order chi connectivity index (χ1) is 11.1. The number of nitrogens with zero attached hydrogens (tertiary/aromatic N) is 1. The second kappa shape index (κ2) is 5.44. The van der Waals surface area contributed by atoms with E-state index in [-0.39, 0.29) is 21.2 Å². The Labute approximate surface area is 136 Å². The minimum absolute atomic E-state index is 0.0166. The molecule has 0 saturated carbocycles. The number of fused-ring (bicyclic) bond motifs is 2. The molecule has 1 heterocycles. The molecule has 0 spiro atoms. The second-order valence-corrected chi connectivity index (χ2v) is 5.97. The smallest absolute Gasteiger partial charge is 0.271 e. The van der Waals surface area contributed by atoms with Crippen LogP contribution < -0.4 is 4.90 Å². The van der Waals surface area contributed by atoms with Crippen LogP contribution in [0.3, 0.4) is 0 Å². The summed E-state index contributed by atoms with van der Waals surface area (Å²) in [6, 6.07) is 8.01. The average Bonchev–Trinajstić information content (AvgIpc) is 2.49. The zero-order valence-corrected chi connectivity index (χ0v) is 12.4. The standard InChI is InChI=1S/C15H7F6NOS/c16-14(17,18)8-5-6-10-12(7-8)24-11-4-2-1-3-9(11)22(10)13(23)15(19,20)21/h1-7H. The zero-order chi connectivity index (χ0) is 17.7. The number of halogens is 6. The molecule has 2 aromatic rings. The van der Waals surface area contributed by atoms with Crippen LogP contribution in [0.1, 0.15) is 5.56 Å². The van der Waals surface area contributed by atoms with Gasteiger partial charge in [0.2, 0.25) is 0 Å². The largest absolute Gasteiger partial charge is 0.472 e. The summed E-state index contributed by atoms with van der Waals surface area (Å²) in [5, 5.41) is 0. The topological polar surface area (TPSA) is 20.3 Å². The van der Waals surface area contributed by atoms with Gasteiger partial charge in [-0.3, -0.25) is 9.69 Å². The Morgan fingerprint density at radius 2 is 1.50 bits per heavy atom. The lowest BCUT2D eigenvalue weighted by molar-refractivity contribution is -0.169. The van der Waals surface area contributed by atoms with Gasteiger partial charge in [-0.2, -0.15) is 26.3 Å². The number of hydrogen-bond donors (Lipinski definition) is 0. The fourth-order valence-corrected chi connectivity index (χ4v) is 3.38. The van der Waals surface area contributed by atoms with E-state index >= 15 is 0 Å². The Balaban J connectivity index is 2.19. The maximum atomic E-state index is 12.9. The first kappa shape index (κ1) is 16.7. The van der Waals surface area contributed by atoms with Crippen LogP contribution in [0, 0.1) is 0 Å². The van der Waals surface area contributed by atoms with Gasteiger partial charge in [0, 0.05) is 9.79 Å². The molecule has 1 aliphatic rings. The first-order valence-electron chi connectivity index (χ1n) is 6.48. The number of alkyl halides is 6. The second-order valence-electron chi connectivity index (χ2n) is 4.89. The highest BCUT2D eigenvalue weighted by atomic mass is 32.2. The molecular formula is C15H7F6NOS. The van der Waals surface area contributed by atoms with Gasteiger partial charge in [-0.15, -0.1) is 0 Å². The predicted molar refractivity (Wildman–Crippen MR) is 75.2 cm³/mol. The van der Waals surface area contributed by atoms with Crippen LogP contribution in [0.25, 0.3) is 0 Å². The molecule has 0 fully saturated rings. The molecule has 0 N–H and O–H groups in total. The molecule has 0 saturated heterocycles. The van der Waals surface area contributed by atoms with E-state index in [1.54, 1.807) is 0 Å². The number of amides is 1. The number of benzene rings is 2. The van der Waals surface area contributed by atoms with Gasteiger partial charge in [0.05, 0.1) is 16.9 Å². The van der Waals surface area contributed by atoms with E-state index in [9.17, 15) is 31.1 Å². The molecule has 0 unspecified atom stereocenters. The monoisotopic (exact) mass is 363 g/mol. The van der Waals surface area contributed by atoms with Gasteiger partial charge in [0.1, 0.15) is 0 Å². The molecule has 0 radical (unpaired) electrons. The van der Waals surface area contributed by atoms with Crippen molar-refractivity contribution < 1.29 is 31.1 Å². The van der Waals surface area contributed by atoms with Crippen molar-refractivity contribution >= 4 is 29.0 Å². The van der Waals surface area contributed by atoms with Crippen molar-refractivity contribution in [3.8, 4) is 0 Å². The molecule has 126 valence electrons. The van der Waals surface area contributed by atoms with Crippen LogP contribution >= 0.6 is 11.8 Å². The summed E-state index contributed by atoms with van der Waals surface area (Å²) in [5.41, 5.74) is -1.24. The van der Waals surface area contributed by atoms with E-state index in [0.29, 0.717) is 11.0 Å². The third kappa shape index (κ3) is 2.83. The number of carbonyl (C=O) groups is 1. The van der Waals surface area contributed by atoms with Gasteiger partial charge in [-0.25, -0.2) is 0 Å². The summed E-state index contributed by atoms with van der Waals surface area (Å²) in [4.78, 5) is 12.4. The molecule has 2 aromatic carbocycles. The Morgan fingerprint density at radius 3 is 2.12 bits per heavy atom. The van der Waals surface area contributed by atoms with Gasteiger partial charge in [-0.05, 0) is 30.3 Å². The lowest BCUT2D eigenvalue weighted by Gasteiger charge is -2.31. The highest BCUT2D eigenvalue weighted by Crippen LogP contribution is 2.50. The third-order valence-corrected chi connectivity index (χ3v) is 4.41. The molecule has 0 aromatic heterocycles. The summed E-state index contributed by atoms with van der Waals surface area (Å²) in [6.07, 6.45) is -9.79. The van der Waals surface area contributed by atoms with Crippen molar-refractivity contribution in [3.05, 3.63) is 48.0 Å². The summed E-state index contributed by atoms with van der Waals surface area (Å²) in [6.45, 7) is 0. The number of rotatable bonds is 0. The summed E-state index contributed by atoms with van der Waals surface area (Å²) in [5.74, 6) is -2.16. The van der Waals surface area contributed by atoms with Crippen molar-refractivity contribution in [2.75, 3.05) is 4.90 Å². The molecule has 0 atom stereocenters. The molecule has 0 bridgehead atoms. The Bertz CT molecular complexity index is 814. The van der Waals surface area contributed by atoms with Crippen molar-refractivity contribution in [3.63, 3.8) is 0 Å². The molecule has 1 amide bonds. The fraction of sp³-hybridized carbons (Fsp3) is 0.133. The zero-order valence-electron chi connectivity index (χ0n) is 11.6. The molecular weight excluding hydrogens is 356 g/mol. The van der Waals surface area contributed by atoms with Gasteiger partial charge in [0.25, 0.3) is 0 Å². The summed E-state index contributed by atoms with van der Waals surface area (Å²) >= 11 is 0.883. The molecule has 0 aliphatic carbocycles. The van der Waals surface area contributed by atoms with Gasteiger partial charge in [-0.1, -0.05) is 23.9 Å². The SMILES string of the molecule is O=C(N1c2ccccc2Sc2cc(C(F)(F)F)ccc21)C(F)(F)F. The lowest BCUT2D eigenvalue weighted by atomic mass is 10.1. The van der Waals surface area contributed by atoms with Crippen molar-refractivity contribution in [1.82, 2.24) is 0 Å². The first-order valence-corrected chi connectivity index (χ1v) is 7.30. The number of hydrogen-bond acceptors (Lipinski definition) is 2. The van der Waals surface area contributed by atoms with Crippen molar-refractivity contribution in [2.24, 2.45) is 0 Å². The highest BCUT2D eigenvalue weighted by molar-refractivity contribution is 7.99. The summed E-state index contributed by atoms with van der Waals surface area (Å²) in [7, 11) is 0. The molecule has 3 rings (SSSR count). The Morgan fingerprint density at radius 1 is 0.875 bits per heavy atom. The normalized spacial score (nSPS) is 14.2. The van der Waals surface area contributed by atoms with Crippen molar-refractivity contribution in [2.45, 2.75) is 22.1 Å². The fourth-order valence-electron chi connectivity index (χ4n) is 2.28. The maximum Gasteiger partial charge on any atom is 0.472 e. The minimum Gasteiger partial charge on any atom is -0.271 e. The van der Waals surface area contributed by atoms with Crippen LogP contribution in [0.2, 0.25) is 0 Å². The Kier molecular flexibility index (Phi) is 3.78. The van der Waals surface area contributed by atoms with Crippen molar-refractivity contribution in [1.29, 1.82) is 0 Å². The van der Waals surface area contributed by atoms with Crippen LogP contribution in [-0.2, 0) is 11.0 Å². The molecule has 2 nitrogen and oxygen atoms in total. The van der Waals surface area contributed by atoms with Gasteiger partial charge < -0.3 is 0 Å². The van der Waals surface area contributed by atoms with E-state index in [2.05, 4.69) is 0 Å². The van der Waals surface area contributed by atoms with E-state index in [1.807, 2.05) is 0 Å². The van der Waals surface area contributed by atoms with Crippen LogP contribution in [0.5, 0.6) is 0 Å². The van der Waals surface area contributed by atoms with Crippen LogP contribution in [0.4, 0.5) is 37.7 Å². The highest BCUT2D eigenvalue weighted by Gasteiger charge is 2.46. The molecule has 24 heavy (non-hydrogen) atoms. The summed E-state index contributed by atoms with van der Waals surface area (Å²) < 4.78 is 77.2. The van der Waals surface area contributed by atoms with Crippen LogP contribution in [-0.4, -0.2) is 12.1 Å². The van der Waals surface area contributed by atoms with E-state index in [0.717, 1.165) is 23.9 Å². The number of anilines is 2. The van der Waals surface area contributed by atoms with Gasteiger partial charge in [0.15, 0.2) is 0 Å². The Hall–Kier alpha value is -2.16. The quantitative estimate of drug-likeness (QED) is 0.585. The molecule has 1 aliphatic heterocycles. The number of para-hydroxylation sites is 1. The lowest BCUT2D eigenvalue weighted by Crippen LogP contribution is -2.39. The predicted octanol–water partition coefficient (Wildman–Crippen LogP) is 5.40. The minimum atomic E-state index is -5.16. The van der Waals surface area contributed by atoms with E-state index in [4.69, 9.17) is 0 Å². The average molecular weight is 363 g/mol. The van der Waals surface area contributed by atoms with Crippen LogP contribution in [0.15, 0.2) is 52.3 Å². The van der Waals surface area contributed by atoms with E-state index in [1.165, 1.54) is 24.3 Å².